The molecule has 1 aromatic carbocycles. The van der Waals surface area contributed by atoms with E-state index in [0.717, 1.165) is 5.75 Å². The lowest BCUT2D eigenvalue weighted by molar-refractivity contribution is 0.0698. The van der Waals surface area contributed by atoms with Gasteiger partial charge in [-0.15, -0.1) is 0 Å². The predicted octanol–water partition coefficient (Wildman–Crippen LogP) is 2.97. The molecule has 0 unspecified atom stereocenters. The number of carbonyl (C=O) groups excluding carboxylic acids is 1. The van der Waals surface area contributed by atoms with Crippen LogP contribution in [0.3, 0.4) is 0 Å². The molecular formula is C12H15BrN2O3S. The van der Waals surface area contributed by atoms with Gasteiger partial charge in [-0.25, -0.2) is 9.59 Å². The Balaban J connectivity index is 2.81. The summed E-state index contributed by atoms with van der Waals surface area (Å²) < 4.78 is 0.652. The van der Waals surface area contributed by atoms with Crippen molar-refractivity contribution in [3.63, 3.8) is 0 Å². The summed E-state index contributed by atoms with van der Waals surface area (Å²) in [6.07, 6.45) is 1.96. The van der Waals surface area contributed by atoms with Gasteiger partial charge in [0.25, 0.3) is 0 Å². The monoisotopic (exact) mass is 346 g/mol. The molecule has 0 aliphatic carbocycles. The maximum absolute atomic E-state index is 11.9. The summed E-state index contributed by atoms with van der Waals surface area (Å²) in [5.41, 5.74) is 0.345. The van der Waals surface area contributed by atoms with Crippen molar-refractivity contribution >= 4 is 45.4 Å². The van der Waals surface area contributed by atoms with Crippen LogP contribution in [0.5, 0.6) is 0 Å². The maximum atomic E-state index is 11.9. The number of carboxylic acids is 1. The molecule has 0 atom stereocenters. The summed E-state index contributed by atoms with van der Waals surface area (Å²) in [4.78, 5) is 24.5. The van der Waals surface area contributed by atoms with E-state index in [1.807, 2.05) is 6.26 Å². The van der Waals surface area contributed by atoms with Gasteiger partial charge < -0.3 is 15.3 Å². The van der Waals surface area contributed by atoms with E-state index in [0.29, 0.717) is 11.0 Å². The third-order valence-corrected chi connectivity index (χ3v) is 3.52. The van der Waals surface area contributed by atoms with Crippen LogP contribution in [0.2, 0.25) is 0 Å². The number of hydrogen-bond donors (Lipinski definition) is 2. The highest BCUT2D eigenvalue weighted by Crippen LogP contribution is 2.21. The zero-order valence-electron chi connectivity index (χ0n) is 10.6. The maximum Gasteiger partial charge on any atom is 0.337 e. The van der Waals surface area contributed by atoms with E-state index < -0.39 is 5.97 Å². The van der Waals surface area contributed by atoms with Crippen LogP contribution in [0.15, 0.2) is 22.7 Å². The van der Waals surface area contributed by atoms with Crippen molar-refractivity contribution in [3.8, 4) is 0 Å². The normalized spacial score (nSPS) is 10.1. The smallest absolute Gasteiger partial charge is 0.337 e. The average Bonchev–Trinajstić information content (AvgIpc) is 2.37. The molecule has 0 spiro atoms. The minimum Gasteiger partial charge on any atom is -0.478 e. The molecule has 1 aromatic rings. The predicted molar refractivity (Wildman–Crippen MR) is 81.1 cm³/mol. The van der Waals surface area contributed by atoms with E-state index >= 15 is 0 Å². The van der Waals surface area contributed by atoms with E-state index in [1.165, 1.54) is 11.0 Å². The lowest BCUT2D eigenvalue weighted by Crippen LogP contribution is -2.33. The SMILES string of the molecule is CSCCN(C)C(=O)Nc1ccc(Br)cc1C(=O)O. The van der Waals surface area contributed by atoms with Crippen LogP contribution in [0, 0.1) is 0 Å². The van der Waals surface area contributed by atoms with Crippen LogP contribution in [-0.4, -0.2) is 47.6 Å². The zero-order valence-corrected chi connectivity index (χ0v) is 13.0. The Morgan fingerprint density at radius 2 is 2.16 bits per heavy atom. The summed E-state index contributed by atoms with van der Waals surface area (Å²) in [5, 5.41) is 11.7. The molecule has 1 rings (SSSR count). The Morgan fingerprint density at radius 1 is 1.47 bits per heavy atom. The van der Waals surface area contributed by atoms with Crippen LogP contribution in [0.25, 0.3) is 0 Å². The third-order valence-electron chi connectivity index (χ3n) is 2.43. The quantitative estimate of drug-likeness (QED) is 0.859. The van der Waals surface area contributed by atoms with Gasteiger partial charge in [0.15, 0.2) is 0 Å². The number of halogens is 1. The number of urea groups is 1. The van der Waals surface area contributed by atoms with Gasteiger partial charge in [-0.2, -0.15) is 11.8 Å². The second-order valence-corrected chi connectivity index (χ2v) is 5.74. The molecule has 5 nitrogen and oxygen atoms in total. The molecule has 0 heterocycles. The Kier molecular flexibility index (Phi) is 6.17. The molecule has 2 N–H and O–H groups in total. The minimum atomic E-state index is -1.08. The molecule has 0 radical (unpaired) electrons. The largest absolute Gasteiger partial charge is 0.478 e. The van der Waals surface area contributed by atoms with E-state index in [-0.39, 0.29) is 17.3 Å². The molecule has 0 saturated carbocycles. The highest BCUT2D eigenvalue weighted by molar-refractivity contribution is 9.10. The molecule has 104 valence electrons. The van der Waals surface area contributed by atoms with Crippen molar-refractivity contribution in [1.82, 2.24) is 4.90 Å². The minimum absolute atomic E-state index is 0.0565. The Hall–Kier alpha value is -1.21. The summed E-state index contributed by atoms with van der Waals surface area (Å²) in [6, 6.07) is 4.39. The average molecular weight is 347 g/mol. The summed E-state index contributed by atoms with van der Waals surface area (Å²) >= 11 is 4.85. The van der Waals surface area contributed by atoms with Crippen molar-refractivity contribution in [1.29, 1.82) is 0 Å². The molecule has 2 amide bonds. The Labute approximate surface area is 124 Å². The summed E-state index contributed by atoms with van der Waals surface area (Å²) in [6.45, 7) is 0.603. The van der Waals surface area contributed by atoms with Crippen LogP contribution in [-0.2, 0) is 0 Å². The molecule has 0 aliphatic heterocycles. The second kappa shape index (κ2) is 7.40. The van der Waals surface area contributed by atoms with Gasteiger partial charge in [-0.1, -0.05) is 15.9 Å². The zero-order chi connectivity index (χ0) is 14.4. The molecule has 0 fully saturated rings. The number of rotatable bonds is 5. The molecule has 0 bridgehead atoms. The van der Waals surface area contributed by atoms with Crippen molar-refractivity contribution in [2.45, 2.75) is 0 Å². The lowest BCUT2D eigenvalue weighted by Gasteiger charge is -2.18. The molecule has 7 heteroatoms. The van der Waals surface area contributed by atoms with Gasteiger partial charge in [-0.05, 0) is 24.5 Å². The fourth-order valence-electron chi connectivity index (χ4n) is 1.34. The van der Waals surface area contributed by atoms with Gasteiger partial charge >= 0.3 is 12.0 Å². The summed E-state index contributed by atoms with van der Waals surface area (Å²) in [5.74, 6) is -0.251. The van der Waals surface area contributed by atoms with E-state index in [4.69, 9.17) is 5.11 Å². The number of nitrogens with zero attached hydrogens (tertiary/aromatic N) is 1. The fourth-order valence-corrected chi connectivity index (χ4v) is 2.16. The van der Waals surface area contributed by atoms with Crippen LogP contribution < -0.4 is 5.32 Å². The van der Waals surface area contributed by atoms with Crippen LogP contribution in [0.4, 0.5) is 10.5 Å². The van der Waals surface area contributed by atoms with E-state index in [2.05, 4.69) is 21.2 Å². The van der Waals surface area contributed by atoms with Gasteiger partial charge in [0, 0.05) is 23.8 Å². The number of amides is 2. The molecule has 0 aliphatic rings. The number of carbonyl (C=O) groups is 2. The van der Waals surface area contributed by atoms with E-state index in [1.54, 1.807) is 30.9 Å². The van der Waals surface area contributed by atoms with Crippen LogP contribution in [0.1, 0.15) is 10.4 Å². The van der Waals surface area contributed by atoms with Gasteiger partial charge in [-0.3, -0.25) is 0 Å². The van der Waals surface area contributed by atoms with Crippen LogP contribution >= 0.6 is 27.7 Å². The number of anilines is 1. The summed E-state index contributed by atoms with van der Waals surface area (Å²) in [7, 11) is 1.67. The van der Waals surface area contributed by atoms with Gasteiger partial charge in [0.2, 0.25) is 0 Å². The molecular weight excluding hydrogens is 332 g/mol. The van der Waals surface area contributed by atoms with E-state index in [9.17, 15) is 9.59 Å². The first-order valence-electron chi connectivity index (χ1n) is 5.49. The number of thioether (sulfide) groups is 1. The molecule has 0 saturated heterocycles. The number of carboxylic acid groups (broad SMARTS) is 1. The fraction of sp³-hybridized carbons (Fsp3) is 0.333. The number of benzene rings is 1. The topological polar surface area (TPSA) is 69.6 Å². The highest BCUT2D eigenvalue weighted by atomic mass is 79.9. The first kappa shape index (κ1) is 15.8. The molecule has 0 aromatic heterocycles. The number of aromatic carboxylic acids is 1. The first-order valence-corrected chi connectivity index (χ1v) is 7.68. The first-order chi connectivity index (χ1) is 8.95. The molecule has 19 heavy (non-hydrogen) atoms. The van der Waals surface area contributed by atoms with Crippen molar-refractivity contribution in [2.24, 2.45) is 0 Å². The van der Waals surface area contributed by atoms with Gasteiger partial charge in [0.05, 0.1) is 11.3 Å². The standard InChI is InChI=1S/C12H15BrN2O3S/c1-15(5-6-19-2)12(18)14-10-4-3-8(13)7-9(10)11(16)17/h3-4,7H,5-6H2,1-2H3,(H,14,18)(H,16,17). The van der Waals surface area contributed by atoms with Gasteiger partial charge in [0.1, 0.15) is 0 Å². The lowest BCUT2D eigenvalue weighted by atomic mass is 10.2. The highest BCUT2D eigenvalue weighted by Gasteiger charge is 2.15. The Morgan fingerprint density at radius 3 is 2.74 bits per heavy atom. The van der Waals surface area contributed by atoms with Crippen molar-refractivity contribution in [3.05, 3.63) is 28.2 Å². The number of nitrogens with one attached hydrogen (secondary N) is 1. The second-order valence-electron chi connectivity index (χ2n) is 3.84. The van der Waals surface area contributed by atoms with Crippen molar-refractivity contribution < 1.29 is 14.7 Å². The Bertz CT molecular complexity index is 482. The van der Waals surface area contributed by atoms with Crippen molar-refractivity contribution in [2.75, 3.05) is 30.9 Å². The number of hydrogen-bond acceptors (Lipinski definition) is 3. The third kappa shape index (κ3) is 4.76.